The zero-order valence-electron chi connectivity index (χ0n) is 19.5. The van der Waals surface area contributed by atoms with Crippen molar-refractivity contribution in [3.63, 3.8) is 0 Å². The van der Waals surface area contributed by atoms with Crippen molar-refractivity contribution in [3.8, 4) is 5.69 Å². The Morgan fingerprint density at radius 1 is 1.06 bits per heavy atom. The second kappa shape index (κ2) is 10.2. The van der Waals surface area contributed by atoms with E-state index >= 15 is 0 Å². The van der Waals surface area contributed by atoms with Gasteiger partial charge in [-0.25, -0.2) is 9.78 Å². The lowest BCUT2D eigenvalue weighted by Crippen LogP contribution is -2.40. The second-order valence-electron chi connectivity index (χ2n) is 8.24. The standard InChI is InChI=1S/C27H27BrN4O2/c1-4-17-31(27(34)30-24-12-8-6-10-22(24)28)19(3)25-29-23-11-7-5-9-21(23)26(33)32(25)20-15-13-18(2)14-16-20/h5-16,19H,4,17H2,1-3H3,(H,30,34). The van der Waals surface area contributed by atoms with Crippen molar-refractivity contribution in [3.05, 3.63) is 99.0 Å². The summed E-state index contributed by atoms with van der Waals surface area (Å²) in [6.45, 7) is 6.45. The molecule has 7 heteroatoms. The van der Waals surface area contributed by atoms with Crippen LogP contribution < -0.4 is 10.9 Å². The maximum absolute atomic E-state index is 13.6. The van der Waals surface area contributed by atoms with Crippen molar-refractivity contribution in [1.82, 2.24) is 14.5 Å². The minimum Gasteiger partial charge on any atom is -0.315 e. The van der Waals surface area contributed by atoms with E-state index < -0.39 is 6.04 Å². The average molecular weight is 519 g/mol. The highest BCUT2D eigenvalue weighted by Crippen LogP contribution is 2.26. The number of para-hydroxylation sites is 2. The summed E-state index contributed by atoms with van der Waals surface area (Å²) in [6, 6.07) is 21.8. The van der Waals surface area contributed by atoms with Crippen LogP contribution in [-0.4, -0.2) is 27.0 Å². The maximum Gasteiger partial charge on any atom is 0.322 e. The number of hydrogen-bond acceptors (Lipinski definition) is 3. The van der Waals surface area contributed by atoms with Gasteiger partial charge in [-0.1, -0.05) is 48.9 Å². The molecule has 4 rings (SSSR count). The van der Waals surface area contributed by atoms with Crippen LogP contribution in [0.5, 0.6) is 0 Å². The molecule has 1 heterocycles. The van der Waals surface area contributed by atoms with Gasteiger partial charge in [0.2, 0.25) is 0 Å². The number of amides is 2. The zero-order valence-corrected chi connectivity index (χ0v) is 21.0. The Hall–Kier alpha value is -3.45. The van der Waals surface area contributed by atoms with Gasteiger partial charge in [-0.05, 0) is 72.6 Å². The van der Waals surface area contributed by atoms with Crippen LogP contribution in [0.25, 0.3) is 16.6 Å². The van der Waals surface area contributed by atoms with E-state index in [-0.39, 0.29) is 11.6 Å². The molecule has 3 aromatic carbocycles. The largest absolute Gasteiger partial charge is 0.322 e. The van der Waals surface area contributed by atoms with Crippen LogP contribution in [-0.2, 0) is 0 Å². The third-order valence-corrected chi connectivity index (χ3v) is 6.47. The highest BCUT2D eigenvalue weighted by Gasteiger charge is 2.26. The Morgan fingerprint density at radius 2 is 1.74 bits per heavy atom. The minimum absolute atomic E-state index is 0.154. The van der Waals surface area contributed by atoms with Gasteiger partial charge in [-0.2, -0.15) is 0 Å². The average Bonchev–Trinajstić information content (AvgIpc) is 2.84. The topological polar surface area (TPSA) is 67.2 Å². The van der Waals surface area contributed by atoms with E-state index in [1.54, 1.807) is 15.5 Å². The van der Waals surface area contributed by atoms with Gasteiger partial charge in [0.05, 0.1) is 28.3 Å². The number of nitrogens with zero attached hydrogens (tertiary/aromatic N) is 3. The fourth-order valence-corrected chi connectivity index (χ4v) is 4.36. The van der Waals surface area contributed by atoms with Gasteiger partial charge < -0.3 is 10.2 Å². The number of hydrogen-bond donors (Lipinski definition) is 1. The Morgan fingerprint density at radius 3 is 2.44 bits per heavy atom. The number of urea groups is 1. The molecule has 0 saturated heterocycles. The van der Waals surface area contributed by atoms with Gasteiger partial charge >= 0.3 is 6.03 Å². The number of nitrogens with one attached hydrogen (secondary N) is 1. The SMILES string of the molecule is CCCN(C(=O)Nc1ccccc1Br)C(C)c1nc2ccccc2c(=O)n1-c1ccc(C)cc1. The number of aryl methyl sites for hydroxylation is 1. The van der Waals surface area contributed by atoms with Gasteiger partial charge in [0.15, 0.2) is 0 Å². The third-order valence-electron chi connectivity index (χ3n) is 5.78. The maximum atomic E-state index is 13.6. The Balaban J connectivity index is 1.83. The van der Waals surface area contributed by atoms with Gasteiger partial charge in [0.25, 0.3) is 5.56 Å². The second-order valence-corrected chi connectivity index (χ2v) is 9.10. The molecule has 4 aromatic rings. The highest BCUT2D eigenvalue weighted by molar-refractivity contribution is 9.10. The quantitative estimate of drug-likeness (QED) is 0.318. The number of aromatic nitrogens is 2. The van der Waals surface area contributed by atoms with E-state index in [9.17, 15) is 9.59 Å². The number of carbonyl (C=O) groups is 1. The van der Waals surface area contributed by atoms with E-state index in [0.29, 0.717) is 29.0 Å². The van der Waals surface area contributed by atoms with E-state index in [1.807, 2.05) is 87.5 Å². The van der Waals surface area contributed by atoms with E-state index in [4.69, 9.17) is 4.98 Å². The predicted molar refractivity (Wildman–Crippen MR) is 141 cm³/mol. The lowest BCUT2D eigenvalue weighted by Gasteiger charge is -2.30. The summed E-state index contributed by atoms with van der Waals surface area (Å²) in [7, 11) is 0. The van der Waals surface area contributed by atoms with Crippen LogP contribution in [0.2, 0.25) is 0 Å². The molecule has 1 unspecified atom stereocenters. The highest BCUT2D eigenvalue weighted by atomic mass is 79.9. The molecule has 0 saturated carbocycles. The summed E-state index contributed by atoms with van der Waals surface area (Å²) in [4.78, 5) is 33.6. The molecule has 1 aromatic heterocycles. The van der Waals surface area contributed by atoms with Crippen LogP contribution in [0.1, 0.15) is 37.7 Å². The molecule has 34 heavy (non-hydrogen) atoms. The van der Waals surface area contributed by atoms with Gasteiger partial charge in [-0.15, -0.1) is 0 Å². The van der Waals surface area contributed by atoms with Crippen molar-refractivity contribution in [1.29, 1.82) is 0 Å². The van der Waals surface area contributed by atoms with Gasteiger partial charge in [0, 0.05) is 11.0 Å². The molecule has 1 N–H and O–H groups in total. The van der Waals surface area contributed by atoms with Crippen LogP contribution in [0.15, 0.2) is 82.1 Å². The lowest BCUT2D eigenvalue weighted by molar-refractivity contribution is 0.189. The first-order valence-electron chi connectivity index (χ1n) is 11.3. The molecule has 174 valence electrons. The third kappa shape index (κ3) is 4.75. The van der Waals surface area contributed by atoms with Crippen molar-refractivity contribution >= 4 is 38.6 Å². The normalized spacial score (nSPS) is 11.9. The summed E-state index contributed by atoms with van der Waals surface area (Å²) < 4.78 is 2.42. The first-order chi connectivity index (χ1) is 16.4. The first kappa shape index (κ1) is 23.7. The number of carbonyl (C=O) groups excluding carboxylic acids is 1. The first-order valence-corrected chi connectivity index (χ1v) is 12.1. The molecule has 0 bridgehead atoms. The number of rotatable bonds is 6. The molecule has 0 aliphatic carbocycles. The van der Waals surface area contributed by atoms with Crippen LogP contribution in [0, 0.1) is 6.92 Å². The molecule has 0 spiro atoms. The number of halogens is 1. The fraction of sp³-hybridized carbons (Fsp3) is 0.222. The van der Waals surface area contributed by atoms with Crippen molar-refractivity contribution < 1.29 is 4.79 Å². The Bertz CT molecular complexity index is 1380. The zero-order chi connectivity index (χ0) is 24.2. The fourth-order valence-electron chi connectivity index (χ4n) is 3.97. The minimum atomic E-state index is -0.457. The number of anilines is 1. The molecule has 0 fully saturated rings. The summed E-state index contributed by atoms with van der Waals surface area (Å²) in [5.74, 6) is 0.517. The van der Waals surface area contributed by atoms with E-state index in [0.717, 1.165) is 22.1 Å². The summed E-state index contributed by atoms with van der Waals surface area (Å²) in [6.07, 6.45) is 0.760. The number of fused-ring (bicyclic) bond motifs is 1. The van der Waals surface area contributed by atoms with Gasteiger partial charge in [-0.3, -0.25) is 9.36 Å². The number of benzene rings is 3. The smallest absolute Gasteiger partial charge is 0.315 e. The van der Waals surface area contributed by atoms with E-state index in [2.05, 4.69) is 21.2 Å². The molecule has 1 atom stereocenters. The Labute approximate surface area is 207 Å². The molecule has 0 aliphatic heterocycles. The van der Waals surface area contributed by atoms with E-state index in [1.165, 1.54) is 0 Å². The van der Waals surface area contributed by atoms with Crippen LogP contribution in [0.4, 0.5) is 10.5 Å². The monoisotopic (exact) mass is 518 g/mol. The predicted octanol–water partition coefficient (Wildman–Crippen LogP) is 6.46. The van der Waals surface area contributed by atoms with Crippen molar-refractivity contribution in [2.24, 2.45) is 0 Å². The lowest BCUT2D eigenvalue weighted by atomic mass is 10.1. The van der Waals surface area contributed by atoms with Crippen LogP contribution >= 0.6 is 15.9 Å². The van der Waals surface area contributed by atoms with Crippen molar-refractivity contribution in [2.45, 2.75) is 33.2 Å². The van der Waals surface area contributed by atoms with Gasteiger partial charge in [0.1, 0.15) is 5.82 Å². The molecule has 2 amide bonds. The summed E-state index contributed by atoms with van der Waals surface area (Å²) in [5.41, 5.74) is 2.96. The molecule has 6 nitrogen and oxygen atoms in total. The molecular weight excluding hydrogens is 492 g/mol. The Kier molecular flexibility index (Phi) is 7.12. The molecule has 0 radical (unpaired) electrons. The molecule has 0 aliphatic rings. The molecular formula is C27H27BrN4O2. The summed E-state index contributed by atoms with van der Waals surface area (Å²) >= 11 is 3.49. The summed E-state index contributed by atoms with van der Waals surface area (Å²) in [5, 5.41) is 3.53. The van der Waals surface area contributed by atoms with Crippen molar-refractivity contribution in [2.75, 3.05) is 11.9 Å². The van der Waals surface area contributed by atoms with Crippen LogP contribution in [0.3, 0.4) is 0 Å².